The second-order valence-corrected chi connectivity index (χ2v) is 6.07. The molecule has 0 N–H and O–H groups in total. The average Bonchev–Trinajstić information content (AvgIpc) is 2.61. The van der Waals surface area contributed by atoms with Crippen molar-refractivity contribution in [3.8, 4) is 0 Å². The fourth-order valence-electron chi connectivity index (χ4n) is 3.71. The molecule has 0 aliphatic rings. The Hall–Kier alpha value is -3.00. The van der Waals surface area contributed by atoms with Crippen LogP contribution in [0.5, 0.6) is 0 Å². The molecule has 24 heavy (non-hydrogen) atoms. The van der Waals surface area contributed by atoms with Crippen LogP contribution in [0.4, 0.5) is 8.78 Å². The molecule has 5 aromatic rings. The first kappa shape index (κ1) is 13.4. The predicted octanol–water partition coefficient (Wildman–Crippen LogP) is 6.58. The summed E-state index contributed by atoms with van der Waals surface area (Å²) < 4.78 is 29.2. The molecule has 5 rings (SSSR count). The van der Waals surface area contributed by atoms with Crippen molar-refractivity contribution in [1.29, 1.82) is 0 Å². The van der Waals surface area contributed by atoms with E-state index in [9.17, 15) is 8.78 Å². The lowest BCUT2D eigenvalue weighted by Gasteiger charge is -2.11. The number of fused-ring (bicyclic) bond motifs is 7. The molecule has 0 spiro atoms. The van der Waals surface area contributed by atoms with Crippen molar-refractivity contribution in [2.45, 2.75) is 0 Å². The molecule has 5 aromatic carbocycles. The van der Waals surface area contributed by atoms with Gasteiger partial charge in [-0.25, -0.2) is 8.78 Å². The molecule has 0 fully saturated rings. The SMILES string of the molecule is Fc1cccc2cc(F)c3c4ccc5ccccc5c4ccc3c12. The normalized spacial score (nSPS) is 11.8. The summed E-state index contributed by atoms with van der Waals surface area (Å²) >= 11 is 0. The van der Waals surface area contributed by atoms with Gasteiger partial charge in [0.25, 0.3) is 0 Å². The second kappa shape index (κ2) is 4.75. The van der Waals surface area contributed by atoms with Crippen molar-refractivity contribution in [2.75, 3.05) is 0 Å². The van der Waals surface area contributed by atoms with Gasteiger partial charge in [0.1, 0.15) is 11.6 Å². The van der Waals surface area contributed by atoms with Crippen LogP contribution in [-0.2, 0) is 0 Å². The van der Waals surface area contributed by atoms with Gasteiger partial charge in [-0.1, -0.05) is 60.7 Å². The highest BCUT2D eigenvalue weighted by atomic mass is 19.1. The minimum Gasteiger partial charge on any atom is -0.206 e. The molecule has 0 nitrogen and oxygen atoms in total. The van der Waals surface area contributed by atoms with Crippen LogP contribution in [-0.4, -0.2) is 0 Å². The van der Waals surface area contributed by atoms with Crippen molar-refractivity contribution in [2.24, 2.45) is 0 Å². The molecule has 0 radical (unpaired) electrons. The number of hydrogen-bond acceptors (Lipinski definition) is 0. The fraction of sp³-hybridized carbons (Fsp3) is 0. The first-order chi connectivity index (χ1) is 11.7. The van der Waals surface area contributed by atoms with Crippen molar-refractivity contribution >= 4 is 43.1 Å². The Bertz CT molecular complexity index is 1270. The van der Waals surface area contributed by atoms with E-state index in [1.54, 1.807) is 12.1 Å². The van der Waals surface area contributed by atoms with E-state index in [1.807, 2.05) is 48.5 Å². The van der Waals surface area contributed by atoms with Crippen molar-refractivity contribution < 1.29 is 8.78 Å². The monoisotopic (exact) mass is 314 g/mol. The third-order valence-electron chi connectivity index (χ3n) is 4.76. The lowest BCUT2D eigenvalue weighted by Crippen LogP contribution is -1.89. The highest BCUT2D eigenvalue weighted by Crippen LogP contribution is 2.37. The number of hydrogen-bond donors (Lipinski definition) is 0. The lowest BCUT2D eigenvalue weighted by molar-refractivity contribution is 0.636. The van der Waals surface area contributed by atoms with Crippen LogP contribution in [0, 0.1) is 11.6 Å². The van der Waals surface area contributed by atoms with E-state index in [2.05, 4.69) is 0 Å². The summed E-state index contributed by atoms with van der Waals surface area (Å²) in [4.78, 5) is 0. The van der Waals surface area contributed by atoms with E-state index in [4.69, 9.17) is 0 Å². The molecule has 0 amide bonds. The molecule has 0 unspecified atom stereocenters. The Labute approximate surface area is 136 Å². The topological polar surface area (TPSA) is 0 Å². The second-order valence-electron chi connectivity index (χ2n) is 6.07. The molecule has 0 saturated carbocycles. The summed E-state index contributed by atoms with van der Waals surface area (Å²) in [6.45, 7) is 0. The van der Waals surface area contributed by atoms with Crippen molar-refractivity contribution in [1.82, 2.24) is 0 Å². The average molecular weight is 314 g/mol. The maximum Gasteiger partial charge on any atom is 0.132 e. The van der Waals surface area contributed by atoms with E-state index in [1.165, 1.54) is 12.1 Å². The molecule has 0 saturated heterocycles. The molecule has 0 atom stereocenters. The predicted molar refractivity (Wildman–Crippen MR) is 96.4 cm³/mol. The molecular weight excluding hydrogens is 302 g/mol. The first-order valence-corrected chi connectivity index (χ1v) is 7.85. The number of halogens is 2. The fourth-order valence-corrected chi connectivity index (χ4v) is 3.71. The van der Waals surface area contributed by atoms with Crippen LogP contribution in [0.15, 0.2) is 72.8 Å². The smallest absolute Gasteiger partial charge is 0.132 e. The van der Waals surface area contributed by atoms with Gasteiger partial charge >= 0.3 is 0 Å². The number of rotatable bonds is 0. The Morgan fingerprint density at radius 3 is 2.12 bits per heavy atom. The Morgan fingerprint density at radius 1 is 0.458 bits per heavy atom. The summed E-state index contributed by atoms with van der Waals surface area (Å²) in [6.07, 6.45) is 0. The minimum absolute atomic E-state index is 0.316. The first-order valence-electron chi connectivity index (χ1n) is 7.85. The van der Waals surface area contributed by atoms with Crippen molar-refractivity contribution in [3.63, 3.8) is 0 Å². The van der Waals surface area contributed by atoms with Crippen LogP contribution < -0.4 is 0 Å². The highest BCUT2D eigenvalue weighted by molar-refractivity contribution is 6.22. The summed E-state index contributed by atoms with van der Waals surface area (Å²) in [5.41, 5.74) is 0. The van der Waals surface area contributed by atoms with Crippen LogP contribution in [0.1, 0.15) is 0 Å². The van der Waals surface area contributed by atoms with Crippen LogP contribution in [0.2, 0.25) is 0 Å². The summed E-state index contributed by atoms with van der Waals surface area (Å²) in [5, 5.41) is 6.14. The van der Waals surface area contributed by atoms with Gasteiger partial charge in [-0.05, 0) is 44.5 Å². The van der Waals surface area contributed by atoms with Crippen LogP contribution >= 0.6 is 0 Å². The molecule has 0 aromatic heterocycles. The van der Waals surface area contributed by atoms with Crippen LogP contribution in [0.3, 0.4) is 0 Å². The molecule has 0 heterocycles. The lowest BCUT2D eigenvalue weighted by atomic mass is 9.94. The Kier molecular flexibility index (Phi) is 2.66. The largest absolute Gasteiger partial charge is 0.206 e. The van der Waals surface area contributed by atoms with Gasteiger partial charge in [0.2, 0.25) is 0 Å². The molecular formula is C22H12F2. The summed E-state index contributed by atoms with van der Waals surface area (Å²) in [7, 11) is 0. The number of benzene rings is 5. The summed E-state index contributed by atoms with van der Waals surface area (Å²) in [6, 6.07) is 21.9. The van der Waals surface area contributed by atoms with Gasteiger partial charge in [0.15, 0.2) is 0 Å². The van der Waals surface area contributed by atoms with E-state index in [0.717, 1.165) is 21.5 Å². The van der Waals surface area contributed by atoms with Crippen molar-refractivity contribution in [3.05, 3.63) is 84.4 Å². The zero-order chi connectivity index (χ0) is 16.3. The standard InChI is InChI=1S/C22H12F2/c23-19-7-3-5-14-12-20(24)22-17-9-8-13-4-1-2-6-15(13)16(17)10-11-18(22)21(14)19/h1-12H. The maximum absolute atomic E-state index is 14.9. The van der Waals surface area contributed by atoms with Gasteiger partial charge in [-0.15, -0.1) is 0 Å². The Morgan fingerprint density at radius 2 is 1.21 bits per heavy atom. The third kappa shape index (κ3) is 1.71. The van der Waals surface area contributed by atoms with Crippen LogP contribution in [0.25, 0.3) is 43.1 Å². The van der Waals surface area contributed by atoms with E-state index in [0.29, 0.717) is 21.5 Å². The minimum atomic E-state index is -0.322. The van der Waals surface area contributed by atoms with E-state index >= 15 is 0 Å². The molecule has 0 aliphatic heterocycles. The zero-order valence-electron chi connectivity index (χ0n) is 12.7. The summed E-state index contributed by atoms with van der Waals surface area (Å²) in [5.74, 6) is -0.637. The van der Waals surface area contributed by atoms with E-state index in [-0.39, 0.29) is 11.6 Å². The molecule has 0 aliphatic carbocycles. The van der Waals surface area contributed by atoms with Gasteiger partial charge in [-0.3, -0.25) is 0 Å². The highest BCUT2D eigenvalue weighted by Gasteiger charge is 2.13. The molecule has 0 bridgehead atoms. The third-order valence-corrected chi connectivity index (χ3v) is 4.76. The molecule has 2 heteroatoms. The molecule has 114 valence electrons. The Balaban J connectivity index is 2.09. The quantitative estimate of drug-likeness (QED) is 0.283. The van der Waals surface area contributed by atoms with E-state index < -0.39 is 0 Å². The zero-order valence-corrected chi connectivity index (χ0v) is 12.7. The van der Waals surface area contributed by atoms with Gasteiger partial charge in [0.05, 0.1) is 0 Å². The van der Waals surface area contributed by atoms with Gasteiger partial charge < -0.3 is 0 Å². The maximum atomic E-state index is 14.9. The van der Waals surface area contributed by atoms with Gasteiger partial charge in [0, 0.05) is 10.8 Å². The van der Waals surface area contributed by atoms with Gasteiger partial charge in [-0.2, -0.15) is 0 Å².